The van der Waals surface area contributed by atoms with E-state index in [2.05, 4.69) is 25.0 Å². The second-order valence-corrected chi connectivity index (χ2v) is 14.0. The Morgan fingerprint density at radius 2 is 1.20 bits per heavy atom. The summed E-state index contributed by atoms with van der Waals surface area (Å²) in [4.78, 5) is 108. The Morgan fingerprint density at radius 3 is 1.63 bits per heavy atom. The van der Waals surface area contributed by atoms with Gasteiger partial charge in [0, 0.05) is 65.4 Å². The molecule has 2 atom stereocenters. The van der Waals surface area contributed by atoms with Gasteiger partial charge in [0.25, 0.3) is 0 Å². The fourth-order valence-corrected chi connectivity index (χ4v) is 5.80. The Bertz CT molecular complexity index is 1180. The molecule has 1 aliphatic heterocycles. The predicted octanol–water partition coefficient (Wildman–Crippen LogP) is -3.40. The fraction of sp³-hybridized carbons (Fsp3) is 0.793. The van der Waals surface area contributed by atoms with Crippen molar-refractivity contribution in [3.63, 3.8) is 0 Å². The third kappa shape index (κ3) is 25.2. The number of unbranched alkanes of at least 4 members (excludes halogenated alkanes) is 1. The van der Waals surface area contributed by atoms with Crippen LogP contribution in [-0.4, -0.2) is 208 Å². The van der Waals surface area contributed by atoms with Crippen molar-refractivity contribution >= 4 is 52.5 Å². The van der Waals surface area contributed by atoms with Crippen LogP contribution in [0.2, 0.25) is 0 Å². The molecule has 0 spiro atoms. The van der Waals surface area contributed by atoms with Gasteiger partial charge in [0.15, 0.2) is 0 Å². The van der Waals surface area contributed by atoms with Crippen molar-refractivity contribution in [1.29, 1.82) is 0 Å². The van der Waals surface area contributed by atoms with E-state index in [4.69, 9.17) is 14.7 Å². The third-order valence-corrected chi connectivity index (χ3v) is 8.63. The summed E-state index contributed by atoms with van der Waals surface area (Å²) in [7, 11) is -6.05. The zero-order valence-corrected chi connectivity index (χ0v) is 32.4. The molecule has 1 fully saturated rings. The van der Waals surface area contributed by atoms with Crippen molar-refractivity contribution in [3.05, 3.63) is 0 Å². The third-order valence-electron chi connectivity index (χ3n) is 7.91. The highest BCUT2D eigenvalue weighted by Gasteiger charge is 2.24. The van der Waals surface area contributed by atoms with E-state index in [0.717, 1.165) is 4.90 Å². The van der Waals surface area contributed by atoms with Crippen LogP contribution in [-0.2, 0) is 42.4 Å². The molecule has 1 unspecified atom stereocenters. The van der Waals surface area contributed by atoms with E-state index in [1.165, 1.54) is 0 Å². The normalized spacial score (nSPS) is 16.9. The number of carboxylic acids is 3. The SMILES string of the molecule is CCCNC(=O)[C@@H](CCCCNC(=O)CN(COP(O)O)CO[PH](=O)O)NC(=O)CN1CCN(CC(=O)O)CCN(CC(=O)O)CCN(CC(=O)O)CC1. The van der Waals surface area contributed by atoms with Gasteiger partial charge in [0.2, 0.25) is 17.7 Å². The molecule has 3 amide bonds. The lowest BCUT2D eigenvalue weighted by Crippen LogP contribution is -2.52. The first-order valence-corrected chi connectivity index (χ1v) is 19.8. The molecule has 0 bridgehead atoms. The lowest BCUT2D eigenvalue weighted by atomic mass is 10.1. The summed E-state index contributed by atoms with van der Waals surface area (Å²) in [5, 5.41) is 36.4. The smallest absolute Gasteiger partial charge is 0.328 e. The average Bonchev–Trinajstić information content (AvgIpc) is 3.07. The first-order valence-electron chi connectivity index (χ1n) is 17.3. The van der Waals surface area contributed by atoms with Crippen molar-refractivity contribution in [2.24, 2.45) is 0 Å². The van der Waals surface area contributed by atoms with E-state index in [9.17, 15) is 48.7 Å². The van der Waals surface area contributed by atoms with Gasteiger partial charge >= 0.3 is 34.8 Å². The second kappa shape index (κ2) is 28.5. The number of amides is 3. The number of aliphatic carboxylic acids is 3. The van der Waals surface area contributed by atoms with Gasteiger partial charge in [0.05, 0.1) is 32.7 Å². The molecule has 0 radical (unpaired) electrons. The van der Waals surface area contributed by atoms with Crippen molar-refractivity contribution in [2.45, 2.75) is 38.6 Å². The lowest BCUT2D eigenvalue weighted by molar-refractivity contribution is -0.140. The van der Waals surface area contributed by atoms with Gasteiger partial charge in [-0.2, -0.15) is 0 Å². The molecule has 54 heavy (non-hydrogen) atoms. The number of rotatable bonds is 25. The average molecular weight is 819 g/mol. The first kappa shape index (κ1) is 49.1. The maximum Gasteiger partial charge on any atom is 0.328 e. The van der Waals surface area contributed by atoms with Crippen LogP contribution in [0.3, 0.4) is 0 Å². The molecule has 0 aromatic rings. The lowest BCUT2D eigenvalue weighted by Gasteiger charge is -2.33. The van der Waals surface area contributed by atoms with Gasteiger partial charge in [-0.05, 0) is 25.7 Å². The van der Waals surface area contributed by atoms with E-state index in [1.807, 2.05) is 6.92 Å². The molecule has 1 saturated heterocycles. The Hall–Kier alpha value is -2.92. The van der Waals surface area contributed by atoms with E-state index in [0.29, 0.717) is 25.8 Å². The summed E-state index contributed by atoms with van der Waals surface area (Å²) in [6.45, 7) is 1.83. The van der Waals surface area contributed by atoms with Crippen LogP contribution in [0.25, 0.3) is 0 Å². The number of carbonyl (C=O) groups is 6. The first-order chi connectivity index (χ1) is 25.6. The quantitative estimate of drug-likeness (QED) is 0.0246. The molecule has 0 aromatic carbocycles. The summed E-state index contributed by atoms with van der Waals surface area (Å²) in [6, 6.07) is -0.919. The number of carboxylic acid groups (broad SMARTS) is 3. The Kier molecular flexibility index (Phi) is 25.9. The zero-order valence-electron chi connectivity index (χ0n) is 30.5. The number of nitrogens with zero attached hydrogens (tertiary/aromatic N) is 5. The van der Waals surface area contributed by atoms with Gasteiger partial charge in [-0.25, -0.2) is 4.90 Å². The van der Waals surface area contributed by atoms with Crippen molar-refractivity contribution in [1.82, 2.24) is 40.4 Å². The summed E-state index contributed by atoms with van der Waals surface area (Å²) in [5.41, 5.74) is 0. The van der Waals surface area contributed by atoms with Crippen molar-refractivity contribution in [2.75, 3.05) is 112 Å². The maximum absolute atomic E-state index is 13.4. The second-order valence-electron chi connectivity index (χ2n) is 12.4. The topological polar surface area (TPSA) is 312 Å². The van der Waals surface area contributed by atoms with Crippen LogP contribution in [0.4, 0.5) is 0 Å². The molecule has 9 N–H and O–H groups in total. The molecule has 1 rings (SSSR count). The summed E-state index contributed by atoms with van der Waals surface area (Å²) >= 11 is 0. The fourth-order valence-electron chi connectivity index (χ4n) is 5.24. The summed E-state index contributed by atoms with van der Waals surface area (Å²) < 4.78 is 20.1. The predicted molar refractivity (Wildman–Crippen MR) is 192 cm³/mol. The molecule has 0 aliphatic carbocycles. The van der Waals surface area contributed by atoms with Gasteiger partial charge in [-0.1, -0.05) is 6.92 Å². The number of nitrogens with one attached hydrogen (secondary N) is 3. The number of carbonyl (C=O) groups excluding carboxylic acids is 3. The Balaban J connectivity index is 2.89. The minimum absolute atomic E-state index is 0.176. The molecule has 0 aromatic heterocycles. The van der Waals surface area contributed by atoms with E-state index in [1.54, 1.807) is 19.6 Å². The van der Waals surface area contributed by atoms with E-state index in [-0.39, 0.29) is 98.0 Å². The maximum atomic E-state index is 13.4. The van der Waals surface area contributed by atoms with Crippen LogP contribution in [0, 0.1) is 0 Å². The molecule has 25 heteroatoms. The van der Waals surface area contributed by atoms with E-state index < -0.39 is 72.0 Å². The van der Waals surface area contributed by atoms with Crippen molar-refractivity contribution in [3.8, 4) is 0 Å². The van der Waals surface area contributed by atoms with Gasteiger partial charge in [-0.15, -0.1) is 0 Å². The highest BCUT2D eigenvalue weighted by atomic mass is 31.2. The van der Waals surface area contributed by atoms with Gasteiger partial charge in [-0.3, -0.25) is 62.0 Å². The minimum Gasteiger partial charge on any atom is -0.480 e. The largest absolute Gasteiger partial charge is 0.480 e. The Morgan fingerprint density at radius 1 is 0.722 bits per heavy atom. The molecule has 23 nitrogen and oxygen atoms in total. The standard InChI is InChI=1S/C29H56N8O15P2/c1-2-6-31-29(46)23(5-3-4-7-30-24(38)16-37(21-51-53(47)48)22-52-54(49)50)32-25(39)17-33-8-10-34(18-26(40)41)12-14-36(20-28(44)45)15-13-35(11-9-33)19-27(42)43/h23,47-48,54H,2-22H2,1H3,(H,30,38)(H,31,46)(H,32,39)(H,40,41)(H,42,43)(H,44,45)(H,49,50)/t23-/m1/s1. The molecule has 0 saturated carbocycles. The van der Waals surface area contributed by atoms with Crippen LogP contribution in [0.15, 0.2) is 0 Å². The summed E-state index contributed by atoms with van der Waals surface area (Å²) in [5.74, 6) is -4.62. The van der Waals surface area contributed by atoms with Crippen LogP contribution in [0.1, 0.15) is 32.6 Å². The molecular formula is C29H56N8O15P2. The monoisotopic (exact) mass is 818 g/mol. The zero-order chi connectivity index (χ0) is 40.5. The van der Waals surface area contributed by atoms with Crippen LogP contribution in [0.5, 0.6) is 0 Å². The highest BCUT2D eigenvalue weighted by molar-refractivity contribution is 7.39. The van der Waals surface area contributed by atoms with Gasteiger partial charge < -0.3 is 46.0 Å². The number of hydrogen-bond acceptors (Lipinski definition) is 16. The highest BCUT2D eigenvalue weighted by Crippen LogP contribution is 2.24. The van der Waals surface area contributed by atoms with Crippen LogP contribution < -0.4 is 16.0 Å². The number of hydrogen-bond donors (Lipinski definition) is 9. The van der Waals surface area contributed by atoms with Gasteiger partial charge in [0.1, 0.15) is 19.5 Å². The molecular weight excluding hydrogens is 762 g/mol. The Labute approximate surface area is 315 Å². The van der Waals surface area contributed by atoms with Crippen LogP contribution >= 0.6 is 16.9 Å². The summed E-state index contributed by atoms with van der Waals surface area (Å²) in [6.07, 6.45) is 1.69. The molecule has 1 aliphatic rings. The minimum atomic E-state index is -3.31. The molecule has 312 valence electrons. The molecule has 1 heterocycles. The van der Waals surface area contributed by atoms with Crippen molar-refractivity contribution < 1.29 is 72.4 Å². The van der Waals surface area contributed by atoms with E-state index >= 15 is 0 Å².